The average Bonchev–Trinajstić information content (AvgIpc) is 2.86. The molecule has 4 nitrogen and oxygen atoms in total. The molecule has 18 heavy (non-hydrogen) atoms. The predicted molar refractivity (Wildman–Crippen MR) is 69.1 cm³/mol. The first-order chi connectivity index (χ1) is 8.61. The molecule has 1 heterocycles. The number of rotatable bonds is 3. The molecular weight excluding hydrogens is 230 g/mol. The fourth-order valence-corrected chi connectivity index (χ4v) is 2.08. The normalized spacial score (nSPS) is 18.7. The van der Waals surface area contributed by atoms with Gasteiger partial charge < -0.3 is 5.32 Å². The van der Waals surface area contributed by atoms with E-state index < -0.39 is 0 Å². The minimum atomic E-state index is -0.210. The quantitative estimate of drug-likeness (QED) is 0.660. The minimum Gasteiger partial charge on any atom is -0.322 e. The first-order valence-electron chi connectivity index (χ1n) is 5.94. The van der Waals surface area contributed by atoms with Gasteiger partial charge in [0.15, 0.2) is 0 Å². The number of nitrogens with one attached hydrogen (secondary N) is 1. The lowest BCUT2D eigenvalue weighted by molar-refractivity contribution is -0.276. The molecule has 1 aromatic rings. The second kappa shape index (κ2) is 5.33. The summed E-state index contributed by atoms with van der Waals surface area (Å²) >= 11 is 0. The van der Waals surface area contributed by atoms with Gasteiger partial charge in [-0.3, -0.25) is 4.79 Å². The number of benzene rings is 1. The average molecular weight is 247 g/mol. The zero-order chi connectivity index (χ0) is 13.1. The van der Waals surface area contributed by atoms with Crippen molar-refractivity contribution in [2.75, 3.05) is 11.9 Å². The molecule has 96 valence electrons. The second-order valence-corrected chi connectivity index (χ2v) is 4.42. The van der Waals surface area contributed by atoms with Crippen LogP contribution in [0.5, 0.6) is 0 Å². The molecule has 0 radical (unpaired) electrons. The summed E-state index contributed by atoms with van der Waals surface area (Å²) in [5.41, 5.74) is 3.94. The zero-order valence-electron chi connectivity index (χ0n) is 10.7. The third kappa shape index (κ3) is 2.60. The summed E-state index contributed by atoms with van der Waals surface area (Å²) in [4.78, 5) is 21.6. The maximum absolute atomic E-state index is 11.4. The molecule has 1 aliphatic rings. The Balaban J connectivity index is 2.35. The monoisotopic (exact) mass is 247 g/mol. The second-order valence-electron chi connectivity index (χ2n) is 4.42. The van der Waals surface area contributed by atoms with E-state index in [4.69, 9.17) is 9.78 Å². The highest BCUT2D eigenvalue weighted by Crippen LogP contribution is 2.33. The van der Waals surface area contributed by atoms with Crippen LogP contribution in [0.2, 0.25) is 0 Å². The Morgan fingerprint density at radius 1 is 1.50 bits per heavy atom. The predicted octanol–water partition coefficient (Wildman–Crippen LogP) is 2.82. The molecule has 1 fully saturated rings. The van der Waals surface area contributed by atoms with Gasteiger partial charge in [-0.15, -0.1) is 0 Å². The lowest BCUT2D eigenvalue weighted by atomic mass is 9.97. The molecule has 0 spiro atoms. The van der Waals surface area contributed by atoms with Crippen LogP contribution < -0.4 is 5.32 Å². The van der Waals surface area contributed by atoms with Crippen molar-refractivity contribution >= 4 is 11.6 Å². The lowest BCUT2D eigenvalue weighted by Gasteiger charge is -2.16. The van der Waals surface area contributed by atoms with Crippen LogP contribution in [0.3, 0.4) is 0 Å². The van der Waals surface area contributed by atoms with Gasteiger partial charge in [-0.05, 0) is 42.7 Å². The number of aryl methyl sites for hydroxylation is 1. The zero-order valence-corrected chi connectivity index (χ0v) is 10.7. The summed E-state index contributed by atoms with van der Waals surface area (Å²) in [6.45, 7) is 8.01. The highest BCUT2D eigenvalue weighted by molar-refractivity contribution is 5.99. The molecule has 1 N–H and O–H groups in total. The largest absolute Gasteiger partial charge is 0.322 e. The molecule has 1 aromatic carbocycles. The van der Waals surface area contributed by atoms with Gasteiger partial charge in [0, 0.05) is 12.1 Å². The van der Waals surface area contributed by atoms with Gasteiger partial charge in [0.2, 0.25) is 5.91 Å². The third-order valence-corrected chi connectivity index (χ3v) is 3.03. The van der Waals surface area contributed by atoms with E-state index in [2.05, 4.69) is 18.0 Å². The molecule has 1 unspecified atom stereocenters. The fraction of sp³-hybridized carbons (Fsp3) is 0.357. The summed E-state index contributed by atoms with van der Waals surface area (Å²) in [5.74, 6) is -0.210. The highest BCUT2D eigenvalue weighted by Gasteiger charge is 2.22. The maximum atomic E-state index is 11.4. The Labute approximate surface area is 107 Å². The van der Waals surface area contributed by atoms with Gasteiger partial charge in [-0.25, -0.2) is 9.78 Å². The van der Waals surface area contributed by atoms with Gasteiger partial charge in [-0.1, -0.05) is 12.6 Å². The van der Waals surface area contributed by atoms with Gasteiger partial charge in [0.1, 0.15) is 6.10 Å². The van der Waals surface area contributed by atoms with Gasteiger partial charge in [-0.2, -0.15) is 0 Å². The summed E-state index contributed by atoms with van der Waals surface area (Å²) < 4.78 is 0. The Kier molecular flexibility index (Phi) is 3.79. The van der Waals surface area contributed by atoms with E-state index in [0.29, 0.717) is 6.61 Å². The summed E-state index contributed by atoms with van der Waals surface area (Å²) in [6, 6.07) is 4.01. The van der Waals surface area contributed by atoms with Crippen LogP contribution in [0.1, 0.15) is 29.2 Å². The number of amides is 1. The van der Waals surface area contributed by atoms with E-state index in [1.165, 1.54) is 6.08 Å². The molecule has 1 saturated heterocycles. The summed E-state index contributed by atoms with van der Waals surface area (Å²) in [7, 11) is 0. The van der Waals surface area contributed by atoms with E-state index in [1.807, 2.05) is 19.9 Å². The van der Waals surface area contributed by atoms with Crippen molar-refractivity contribution in [3.8, 4) is 0 Å². The van der Waals surface area contributed by atoms with Crippen molar-refractivity contribution in [1.29, 1.82) is 0 Å². The van der Waals surface area contributed by atoms with Crippen LogP contribution in [0.25, 0.3) is 0 Å². The molecular formula is C14H17NO3. The molecule has 1 aliphatic heterocycles. The van der Waals surface area contributed by atoms with Crippen molar-refractivity contribution in [2.45, 2.75) is 26.4 Å². The van der Waals surface area contributed by atoms with Crippen LogP contribution >= 0.6 is 0 Å². The van der Waals surface area contributed by atoms with E-state index >= 15 is 0 Å². The summed E-state index contributed by atoms with van der Waals surface area (Å²) in [6.07, 6.45) is 2.04. The molecule has 4 heteroatoms. The molecule has 0 aromatic heterocycles. The Hall–Kier alpha value is -1.65. The molecule has 1 amide bonds. The van der Waals surface area contributed by atoms with Crippen LogP contribution in [-0.2, 0) is 14.6 Å². The number of carbonyl (C=O) groups excluding carboxylic acids is 1. The molecule has 0 saturated carbocycles. The number of anilines is 1. The topological polar surface area (TPSA) is 47.6 Å². The highest BCUT2D eigenvalue weighted by atomic mass is 17.2. The first-order valence-corrected chi connectivity index (χ1v) is 5.94. The number of carbonyl (C=O) groups is 1. The number of hydrogen-bond acceptors (Lipinski definition) is 3. The van der Waals surface area contributed by atoms with Crippen molar-refractivity contribution in [3.63, 3.8) is 0 Å². The SMILES string of the molecule is C=CC(=O)Nc1cc(C)cc(C2CCOO2)c1C. The van der Waals surface area contributed by atoms with Gasteiger partial charge >= 0.3 is 0 Å². The van der Waals surface area contributed by atoms with E-state index in [9.17, 15) is 4.79 Å². The third-order valence-electron chi connectivity index (χ3n) is 3.03. The van der Waals surface area contributed by atoms with Crippen molar-refractivity contribution in [2.24, 2.45) is 0 Å². The Morgan fingerprint density at radius 2 is 2.28 bits per heavy atom. The van der Waals surface area contributed by atoms with Gasteiger partial charge in [0.05, 0.1) is 6.61 Å². The van der Waals surface area contributed by atoms with E-state index in [-0.39, 0.29) is 12.0 Å². The standard InChI is InChI=1S/C14H17NO3/c1-4-14(16)15-12-8-9(2)7-11(10(12)3)13-5-6-17-18-13/h4,7-8,13H,1,5-6H2,2-3H3,(H,15,16). The van der Waals surface area contributed by atoms with Crippen LogP contribution in [-0.4, -0.2) is 12.5 Å². The molecule has 2 rings (SSSR count). The minimum absolute atomic E-state index is 0.0516. The Bertz CT molecular complexity index is 476. The van der Waals surface area contributed by atoms with E-state index in [1.54, 1.807) is 0 Å². The smallest absolute Gasteiger partial charge is 0.247 e. The summed E-state index contributed by atoms with van der Waals surface area (Å²) in [5, 5.41) is 2.81. The molecule has 0 aliphatic carbocycles. The lowest BCUT2D eigenvalue weighted by Crippen LogP contribution is -2.11. The first kappa shape index (κ1) is 12.8. The van der Waals surface area contributed by atoms with Gasteiger partial charge in [0.25, 0.3) is 0 Å². The fourth-order valence-electron chi connectivity index (χ4n) is 2.08. The van der Waals surface area contributed by atoms with Crippen molar-refractivity contribution in [3.05, 3.63) is 41.5 Å². The van der Waals surface area contributed by atoms with Crippen LogP contribution in [0.15, 0.2) is 24.8 Å². The van der Waals surface area contributed by atoms with Crippen molar-refractivity contribution < 1.29 is 14.6 Å². The van der Waals surface area contributed by atoms with Crippen LogP contribution in [0, 0.1) is 13.8 Å². The maximum Gasteiger partial charge on any atom is 0.247 e. The van der Waals surface area contributed by atoms with Crippen molar-refractivity contribution in [1.82, 2.24) is 0 Å². The molecule has 1 atom stereocenters. The molecule has 0 bridgehead atoms. The van der Waals surface area contributed by atoms with E-state index in [0.717, 1.165) is 28.8 Å². The van der Waals surface area contributed by atoms with Crippen LogP contribution in [0.4, 0.5) is 5.69 Å². The Morgan fingerprint density at radius 3 is 2.89 bits per heavy atom. The number of hydrogen-bond donors (Lipinski definition) is 1.